The lowest BCUT2D eigenvalue weighted by Crippen LogP contribution is -2.48. The summed E-state index contributed by atoms with van der Waals surface area (Å²) in [6.45, 7) is 4.90. The van der Waals surface area contributed by atoms with E-state index in [1.807, 2.05) is 7.05 Å². The first-order valence-corrected chi connectivity index (χ1v) is 4.67. The molecule has 0 aromatic rings. The van der Waals surface area contributed by atoms with Gasteiger partial charge in [-0.3, -0.25) is 0 Å². The highest BCUT2D eigenvalue weighted by atomic mass is 16.5. The first kappa shape index (κ1) is 10.5. The van der Waals surface area contributed by atoms with Gasteiger partial charge in [0.2, 0.25) is 0 Å². The van der Waals surface area contributed by atoms with Gasteiger partial charge < -0.3 is 14.8 Å². The summed E-state index contributed by atoms with van der Waals surface area (Å²) in [6, 6.07) is 0.139. The van der Waals surface area contributed by atoms with Gasteiger partial charge in [-0.15, -0.1) is 0 Å². The van der Waals surface area contributed by atoms with Crippen molar-refractivity contribution in [1.29, 1.82) is 0 Å². The Hall–Kier alpha value is -0.540. The van der Waals surface area contributed by atoms with Gasteiger partial charge in [0.25, 0.3) is 0 Å². The molecule has 0 saturated heterocycles. The van der Waals surface area contributed by atoms with E-state index in [4.69, 9.17) is 9.47 Å². The summed E-state index contributed by atoms with van der Waals surface area (Å²) in [5.74, 6) is 1.01. The van der Waals surface area contributed by atoms with E-state index in [2.05, 4.69) is 25.2 Å². The van der Waals surface area contributed by atoms with Crippen molar-refractivity contribution in [3.05, 3.63) is 11.8 Å². The fourth-order valence-electron chi connectivity index (χ4n) is 1.59. The Labute approximate surface area is 80.1 Å². The average molecular weight is 185 g/mol. The van der Waals surface area contributed by atoms with E-state index in [0.29, 0.717) is 0 Å². The molecule has 0 amide bonds. The monoisotopic (exact) mass is 185 g/mol. The van der Waals surface area contributed by atoms with Crippen LogP contribution in [-0.2, 0) is 9.47 Å². The predicted molar refractivity (Wildman–Crippen MR) is 52.6 cm³/mol. The fourth-order valence-corrected chi connectivity index (χ4v) is 1.59. The average Bonchev–Trinajstić information content (AvgIpc) is 2.58. The van der Waals surface area contributed by atoms with Gasteiger partial charge >= 0.3 is 0 Å². The van der Waals surface area contributed by atoms with E-state index in [0.717, 1.165) is 18.8 Å². The Balaban J connectivity index is 2.71. The van der Waals surface area contributed by atoms with Crippen molar-refractivity contribution in [3.63, 3.8) is 0 Å². The van der Waals surface area contributed by atoms with Gasteiger partial charge in [0.15, 0.2) is 0 Å². The first-order valence-electron chi connectivity index (χ1n) is 4.67. The zero-order chi connectivity index (χ0) is 9.90. The molecule has 0 aliphatic carbocycles. The van der Waals surface area contributed by atoms with E-state index < -0.39 is 0 Å². The highest BCUT2D eigenvalue weighted by Crippen LogP contribution is 2.24. The molecule has 1 atom stereocenters. The van der Waals surface area contributed by atoms with Crippen LogP contribution < -0.4 is 5.32 Å². The molecular formula is C10H19NO2. The minimum absolute atomic E-state index is 0.139. The highest BCUT2D eigenvalue weighted by Gasteiger charge is 2.33. The molecule has 1 heterocycles. The number of rotatable bonds is 4. The van der Waals surface area contributed by atoms with Crippen LogP contribution in [0.25, 0.3) is 0 Å². The summed E-state index contributed by atoms with van der Waals surface area (Å²) in [5, 5.41) is 3.22. The van der Waals surface area contributed by atoms with Gasteiger partial charge in [0.05, 0.1) is 18.2 Å². The van der Waals surface area contributed by atoms with Crippen molar-refractivity contribution >= 4 is 0 Å². The molecular weight excluding hydrogens is 166 g/mol. The lowest BCUT2D eigenvalue weighted by Gasteiger charge is -2.33. The number of nitrogens with one attached hydrogen (secondary N) is 1. The van der Waals surface area contributed by atoms with Crippen LogP contribution >= 0.6 is 0 Å². The number of methoxy groups -OCH3 is 1. The van der Waals surface area contributed by atoms with Crippen molar-refractivity contribution in [3.8, 4) is 0 Å². The molecule has 0 spiro atoms. The largest absolute Gasteiger partial charge is 0.496 e. The second kappa shape index (κ2) is 4.11. The van der Waals surface area contributed by atoms with E-state index in [-0.39, 0.29) is 11.6 Å². The number of hydrogen-bond donors (Lipinski definition) is 1. The van der Waals surface area contributed by atoms with Gasteiger partial charge in [-0.2, -0.15) is 0 Å². The van der Waals surface area contributed by atoms with Crippen molar-refractivity contribution in [2.45, 2.75) is 31.9 Å². The van der Waals surface area contributed by atoms with E-state index in [9.17, 15) is 0 Å². The van der Waals surface area contributed by atoms with E-state index in [1.165, 1.54) is 0 Å². The summed E-state index contributed by atoms with van der Waals surface area (Å²) < 4.78 is 10.9. The molecule has 1 aliphatic heterocycles. The van der Waals surface area contributed by atoms with Crippen LogP contribution in [0.4, 0.5) is 0 Å². The minimum Gasteiger partial charge on any atom is -0.496 e. The van der Waals surface area contributed by atoms with Crippen LogP contribution in [0.5, 0.6) is 0 Å². The lowest BCUT2D eigenvalue weighted by atomic mass is 9.97. The quantitative estimate of drug-likeness (QED) is 0.716. The Kier molecular flexibility index (Phi) is 3.33. The highest BCUT2D eigenvalue weighted by molar-refractivity contribution is 5.12. The molecule has 0 bridgehead atoms. The molecule has 0 fully saturated rings. The van der Waals surface area contributed by atoms with Crippen molar-refractivity contribution in [2.24, 2.45) is 0 Å². The Morgan fingerprint density at radius 1 is 1.62 bits per heavy atom. The number of likely N-dealkylation sites (N-methyl/N-ethyl adjacent to an activating group) is 1. The molecule has 1 rings (SSSR count). The molecule has 76 valence electrons. The number of ether oxygens (including phenoxy) is 2. The van der Waals surface area contributed by atoms with Gasteiger partial charge in [-0.1, -0.05) is 0 Å². The number of hydrogen-bond acceptors (Lipinski definition) is 3. The molecule has 0 radical (unpaired) electrons. The maximum atomic E-state index is 5.51. The van der Waals surface area contributed by atoms with E-state index >= 15 is 0 Å². The SMILES string of the molecule is CNC(C1=CCCO1)C(C)(C)OC. The van der Waals surface area contributed by atoms with Crippen LogP contribution in [-0.4, -0.2) is 32.4 Å². The standard InChI is InChI=1S/C10H19NO2/c1-10(2,12-4)9(11-3)8-6-5-7-13-8/h6,9,11H,5,7H2,1-4H3. The second-order valence-corrected chi connectivity index (χ2v) is 3.77. The van der Waals surface area contributed by atoms with Crippen molar-refractivity contribution in [2.75, 3.05) is 20.8 Å². The summed E-state index contributed by atoms with van der Waals surface area (Å²) >= 11 is 0. The van der Waals surface area contributed by atoms with Crippen LogP contribution in [0, 0.1) is 0 Å². The zero-order valence-electron chi connectivity index (χ0n) is 8.89. The first-order chi connectivity index (χ1) is 6.11. The van der Waals surface area contributed by atoms with Gasteiger partial charge in [-0.25, -0.2) is 0 Å². The molecule has 0 saturated carbocycles. The Morgan fingerprint density at radius 2 is 2.31 bits per heavy atom. The summed E-state index contributed by atoms with van der Waals surface area (Å²) in [6.07, 6.45) is 3.13. The zero-order valence-corrected chi connectivity index (χ0v) is 8.89. The molecule has 3 heteroatoms. The molecule has 1 unspecified atom stereocenters. The third-order valence-corrected chi connectivity index (χ3v) is 2.53. The smallest absolute Gasteiger partial charge is 0.112 e. The van der Waals surface area contributed by atoms with Crippen LogP contribution in [0.1, 0.15) is 20.3 Å². The molecule has 1 aliphatic rings. The van der Waals surface area contributed by atoms with Crippen LogP contribution in [0.2, 0.25) is 0 Å². The van der Waals surface area contributed by atoms with Crippen molar-refractivity contribution in [1.82, 2.24) is 5.32 Å². The van der Waals surface area contributed by atoms with Gasteiger partial charge in [0, 0.05) is 13.5 Å². The molecule has 13 heavy (non-hydrogen) atoms. The van der Waals surface area contributed by atoms with Gasteiger partial charge in [0.1, 0.15) is 5.76 Å². The Morgan fingerprint density at radius 3 is 2.69 bits per heavy atom. The van der Waals surface area contributed by atoms with Crippen LogP contribution in [0.3, 0.4) is 0 Å². The van der Waals surface area contributed by atoms with Crippen molar-refractivity contribution < 1.29 is 9.47 Å². The van der Waals surface area contributed by atoms with E-state index in [1.54, 1.807) is 7.11 Å². The molecule has 3 nitrogen and oxygen atoms in total. The van der Waals surface area contributed by atoms with Crippen LogP contribution in [0.15, 0.2) is 11.8 Å². The molecule has 0 aromatic heterocycles. The summed E-state index contributed by atoms with van der Waals surface area (Å²) in [5.41, 5.74) is -0.231. The third-order valence-electron chi connectivity index (χ3n) is 2.53. The second-order valence-electron chi connectivity index (χ2n) is 3.77. The third kappa shape index (κ3) is 2.23. The molecule has 1 N–H and O–H groups in total. The maximum Gasteiger partial charge on any atom is 0.112 e. The predicted octanol–water partition coefficient (Wildman–Crippen LogP) is 1.30. The fraction of sp³-hybridized carbons (Fsp3) is 0.800. The summed E-state index contributed by atoms with van der Waals surface area (Å²) in [7, 11) is 3.65. The van der Waals surface area contributed by atoms with Gasteiger partial charge in [-0.05, 0) is 27.0 Å². The lowest BCUT2D eigenvalue weighted by molar-refractivity contribution is -0.0119. The Bertz CT molecular complexity index is 199. The minimum atomic E-state index is -0.231. The molecule has 0 aromatic carbocycles. The topological polar surface area (TPSA) is 30.5 Å². The maximum absolute atomic E-state index is 5.51. The normalized spacial score (nSPS) is 19.5. The summed E-state index contributed by atoms with van der Waals surface area (Å²) in [4.78, 5) is 0.